The normalized spacial score (nSPS) is 16.1. The molecule has 1 atom stereocenters. The fourth-order valence-electron chi connectivity index (χ4n) is 3.66. The second-order valence-electron chi connectivity index (χ2n) is 7.19. The Morgan fingerprint density at radius 2 is 1.87 bits per heavy atom. The number of benzene rings is 2. The lowest BCUT2D eigenvalue weighted by molar-refractivity contribution is -0.125. The lowest BCUT2D eigenvalue weighted by atomic mass is 10.0. The van der Waals surface area contributed by atoms with Gasteiger partial charge >= 0.3 is 0 Å². The molecule has 7 nitrogen and oxygen atoms in total. The molecule has 3 rings (SSSR count). The number of halogens is 2. The average molecular weight is 433 g/mol. The molecule has 2 aromatic rings. The second kappa shape index (κ2) is 10.2. The van der Waals surface area contributed by atoms with E-state index in [1.54, 1.807) is 14.2 Å². The molecule has 0 saturated carbocycles. The number of nitrogens with one attached hydrogen (secondary N) is 2. The molecule has 2 aromatic carbocycles. The van der Waals surface area contributed by atoms with E-state index in [4.69, 9.17) is 9.47 Å². The first-order valence-electron chi connectivity index (χ1n) is 9.89. The van der Waals surface area contributed by atoms with Crippen LogP contribution in [-0.2, 0) is 9.59 Å². The van der Waals surface area contributed by atoms with E-state index in [1.165, 1.54) is 6.07 Å². The van der Waals surface area contributed by atoms with E-state index in [9.17, 15) is 18.4 Å². The summed E-state index contributed by atoms with van der Waals surface area (Å²) in [5.74, 6) is -1.51. The van der Waals surface area contributed by atoms with Crippen molar-refractivity contribution < 1.29 is 27.8 Å². The maximum absolute atomic E-state index is 13.2. The Bertz CT molecular complexity index is 954. The number of methoxy groups -OCH3 is 2. The molecule has 1 aliphatic heterocycles. The van der Waals surface area contributed by atoms with Gasteiger partial charge in [0.15, 0.2) is 11.6 Å². The van der Waals surface area contributed by atoms with Gasteiger partial charge in [0.05, 0.1) is 27.3 Å². The van der Waals surface area contributed by atoms with E-state index in [0.717, 1.165) is 37.1 Å². The van der Waals surface area contributed by atoms with Crippen molar-refractivity contribution in [2.24, 2.45) is 0 Å². The number of hydrogen-bond acceptors (Lipinski definition) is 5. The zero-order valence-electron chi connectivity index (χ0n) is 17.4. The smallest absolute Gasteiger partial charge is 0.243 e. The minimum absolute atomic E-state index is 0.0163. The zero-order chi connectivity index (χ0) is 22.4. The summed E-state index contributed by atoms with van der Waals surface area (Å²) in [7, 11) is 3.18. The maximum Gasteiger partial charge on any atom is 0.243 e. The van der Waals surface area contributed by atoms with Crippen LogP contribution in [-0.4, -0.2) is 50.6 Å². The predicted octanol–water partition coefficient (Wildman–Crippen LogP) is 2.87. The lowest BCUT2D eigenvalue weighted by Crippen LogP contribution is -2.40. The molecule has 9 heteroatoms. The monoisotopic (exact) mass is 433 g/mol. The first-order chi connectivity index (χ1) is 14.9. The third-order valence-electron chi connectivity index (χ3n) is 5.16. The summed E-state index contributed by atoms with van der Waals surface area (Å²) in [5, 5.41) is 4.98. The number of rotatable bonds is 8. The van der Waals surface area contributed by atoms with Gasteiger partial charge in [0.2, 0.25) is 11.8 Å². The summed E-state index contributed by atoms with van der Waals surface area (Å²) in [6, 6.07) is 8.67. The van der Waals surface area contributed by atoms with Crippen molar-refractivity contribution in [3.8, 4) is 11.5 Å². The standard InChI is InChI=1S/C22H25F2N3O4/c1-30-15-6-7-16(20(11-15)31-2)19-4-3-9-27(19)13-22(29)25-12-21(28)26-14-5-8-17(23)18(24)10-14/h5-8,10-11,19H,3-4,9,12-13H2,1-2H3,(H,25,29)(H,26,28). The molecule has 0 radical (unpaired) electrons. The van der Waals surface area contributed by atoms with E-state index >= 15 is 0 Å². The van der Waals surface area contributed by atoms with Gasteiger partial charge in [-0.05, 0) is 37.6 Å². The molecule has 1 aliphatic rings. The van der Waals surface area contributed by atoms with Crippen LogP contribution in [0.5, 0.6) is 11.5 Å². The second-order valence-corrected chi connectivity index (χ2v) is 7.19. The fraction of sp³-hybridized carbons (Fsp3) is 0.364. The number of carbonyl (C=O) groups excluding carboxylic acids is 2. The van der Waals surface area contributed by atoms with Crippen LogP contribution in [0, 0.1) is 11.6 Å². The minimum atomic E-state index is -1.06. The highest BCUT2D eigenvalue weighted by atomic mass is 19.2. The highest BCUT2D eigenvalue weighted by Crippen LogP contribution is 2.38. The Hall–Kier alpha value is -3.20. The molecule has 1 fully saturated rings. The van der Waals surface area contributed by atoms with Gasteiger partial charge in [-0.3, -0.25) is 14.5 Å². The number of nitrogens with zero attached hydrogens (tertiary/aromatic N) is 1. The third-order valence-corrected chi connectivity index (χ3v) is 5.16. The molecule has 0 aromatic heterocycles. The van der Waals surface area contributed by atoms with E-state index in [-0.39, 0.29) is 30.7 Å². The van der Waals surface area contributed by atoms with Crippen LogP contribution in [0.4, 0.5) is 14.5 Å². The lowest BCUT2D eigenvalue weighted by Gasteiger charge is -2.25. The number of amides is 2. The number of carbonyl (C=O) groups is 2. The Balaban J connectivity index is 1.55. The van der Waals surface area contributed by atoms with Gasteiger partial charge in [-0.15, -0.1) is 0 Å². The Kier molecular flexibility index (Phi) is 7.41. The highest BCUT2D eigenvalue weighted by Gasteiger charge is 2.30. The molecule has 0 aliphatic carbocycles. The zero-order valence-corrected chi connectivity index (χ0v) is 17.4. The van der Waals surface area contributed by atoms with Crippen molar-refractivity contribution >= 4 is 17.5 Å². The Labute approximate surface area is 179 Å². The number of anilines is 1. The summed E-state index contributed by atoms with van der Waals surface area (Å²) in [5.41, 5.74) is 1.09. The Morgan fingerprint density at radius 3 is 2.58 bits per heavy atom. The van der Waals surface area contributed by atoms with Crippen LogP contribution >= 0.6 is 0 Å². The van der Waals surface area contributed by atoms with Gasteiger partial charge in [0.25, 0.3) is 0 Å². The SMILES string of the molecule is COc1ccc(C2CCCN2CC(=O)NCC(=O)Nc2ccc(F)c(F)c2)c(OC)c1. The van der Waals surface area contributed by atoms with E-state index in [0.29, 0.717) is 11.5 Å². The first kappa shape index (κ1) is 22.5. The summed E-state index contributed by atoms with van der Waals surface area (Å²) in [4.78, 5) is 26.4. The molecule has 2 amide bonds. The number of hydrogen-bond donors (Lipinski definition) is 2. The largest absolute Gasteiger partial charge is 0.497 e. The molecule has 31 heavy (non-hydrogen) atoms. The maximum atomic E-state index is 13.2. The predicted molar refractivity (Wildman–Crippen MR) is 111 cm³/mol. The molecular formula is C22H25F2N3O4. The summed E-state index contributed by atoms with van der Waals surface area (Å²) in [6.45, 7) is 0.592. The number of ether oxygens (including phenoxy) is 2. The summed E-state index contributed by atoms with van der Waals surface area (Å²) in [6.07, 6.45) is 1.82. The molecule has 0 spiro atoms. The van der Waals surface area contributed by atoms with E-state index < -0.39 is 17.5 Å². The van der Waals surface area contributed by atoms with Crippen molar-refractivity contribution in [1.29, 1.82) is 0 Å². The summed E-state index contributed by atoms with van der Waals surface area (Å²) >= 11 is 0. The van der Waals surface area contributed by atoms with Gasteiger partial charge in [-0.2, -0.15) is 0 Å². The van der Waals surface area contributed by atoms with Gasteiger partial charge in [-0.25, -0.2) is 8.78 Å². The summed E-state index contributed by atoms with van der Waals surface area (Å²) < 4.78 is 36.9. The molecule has 1 unspecified atom stereocenters. The van der Waals surface area contributed by atoms with Gasteiger partial charge < -0.3 is 20.1 Å². The van der Waals surface area contributed by atoms with Gasteiger partial charge in [0.1, 0.15) is 11.5 Å². The van der Waals surface area contributed by atoms with Crippen molar-refractivity contribution in [2.45, 2.75) is 18.9 Å². The molecule has 1 heterocycles. The molecule has 1 saturated heterocycles. The first-order valence-corrected chi connectivity index (χ1v) is 9.89. The fourth-order valence-corrected chi connectivity index (χ4v) is 3.66. The van der Waals surface area contributed by atoms with Crippen LogP contribution in [0.15, 0.2) is 36.4 Å². The van der Waals surface area contributed by atoms with Crippen molar-refractivity contribution in [2.75, 3.05) is 39.2 Å². The van der Waals surface area contributed by atoms with Crippen molar-refractivity contribution in [3.63, 3.8) is 0 Å². The minimum Gasteiger partial charge on any atom is -0.497 e. The van der Waals surface area contributed by atoms with Crippen LogP contribution in [0.3, 0.4) is 0 Å². The van der Waals surface area contributed by atoms with Crippen molar-refractivity contribution in [3.05, 3.63) is 53.6 Å². The van der Waals surface area contributed by atoms with Crippen LogP contribution in [0.2, 0.25) is 0 Å². The molecule has 166 valence electrons. The third kappa shape index (κ3) is 5.69. The van der Waals surface area contributed by atoms with E-state index in [1.807, 2.05) is 23.1 Å². The molecule has 0 bridgehead atoms. The Morgan fingerprint density at radius 1 is 1.06 bits per heavy atom. The average Bonchev–Trinajstić information content (AvgIpc) is 3.22. The molecular weight excluding hydrogens is 408 g/mol. The van der Waals surface area contributed by atoms with Crippen LogP contribution in [0.25, 0.3) is 0 Å². The van der Waals surface area contributed by atoms with Crippen LogP contribution in [0.1, 0.15) is 24.4 Å². The van der Waals surface area contributed by atoms with Crippen molar-refractivity contribution in [1.82, 2.24) is 10.2 Å². The molecule has 2 N–H and O–H groups in total. The van der Waals surface area contributed by atoms with Gasteiger partial charge in [-0.1, -0.05) is 6.07 Å². The number of likely N-dealkylation sites (tertiary alicyclic amines) is 1. The van der Waals surface area contributed by atoms with Gasteiger partial charge in [0, 0.05) is 29.4 Å². The quantitative estimate of drug-likeness (QED) is 0.669. The van der Waals surface area contributed by atoms with E-state index in [2.05, 4.69) is 10.6 Å². The van der Waals surface area contributed by atoms with Crippen LogP contribution < -0.4 is 20.1 Å². The highest BCUT2D eigenvalue weighted by molar-refractivity contribution is 5.94. The topological polar surface area (TPSA) is 79.9 Å².